The lowest BCUT2D eigenvalue weighted by atomic mass is 10.1. The highest BCUT2D eigenvalue weighted by Crippen LogP contribution is 2.28. The van der Waals surface area contributed by atoms with Gasteiger partial charge in [0.15, 0.2) is 0 Å². The summed E-state index contributed by atoms with van der Waals surface area (Å²) in [5.41, 5.74) is 1.49. The monoisotopic (exact) mass is 454 g/mol. The van der Waals surface area contributed by atoms with E-state index < -0.39 is 0 Å². The van der Waals surface area contributed by atoms with Crippen molar-refractivity contribution >= 4 is 5.91 Å². The summed E-state index contributed by atoms with van der Waals surface area (Å²) in [5, 5.41) is 4.14. The van der Waals surface area contributed by atoms with Gasteiger partial charge in [0.25, 0.3) is 5.91 Å². The maximum atomic E-state index is 13.3. The second-order valence-electron chi connectivity index (χ2n) is 8.24. The highest BCUT2D eigenvalue weighted by molar-refractivity contribution is 5.97. The predicted octanol–water partition coefficient (Wildman–Crippen LogP) is 5.05. The Labute approximate surface area is 198 Å². The van der Waals surface area contributed by atoms with E-state index in [2.05, 4.69) is 22.0 Å². The number of benzene rings is 3. The van der Waals surface area contributed by atoms with Gasteiger partial charge in [0.2, 0.25) is 11.7 Å². The van der Waals surface area contributed by atoms with E-state index in [-0.39, 0.29) is 11.9 Å². The van der Waals surface area contributed by atoms with Crippen LogP contribution in [0.2, 0.25) is 0 Å². The Bertz CT molecular complexity index is 1230. The Morgan fingerprint density at radius 2 is 1.53 bits per heavy atom. The molecule has 0 spiro atoms. The van der Waals surface area contributed by atoms with Crippen LogP contribution in [-0.2, 0) is 0 Å². The molecule has 7 nitrogen and oxygen atoms in total. The van der Waals surface area contributed by atoms with Crippen molar-refractivity contribution in [3.63, 3.8) is 0 Å². The molecule has 4 aromatic rings. The number of amides is 1. The first-order chi connectivity index (χ1) is 16.7. The quantitative estimate of drug-likeness (QED) is 0.406. The van der Waals surface area contributed by atoms with Gasteiger partial charge in [-0.25, -0.2) is 0 Å². The first-order valence-electron chi connectivity index (χ1n) is 11.4. The van der Waals surface area contributed by atoms with Gasteiger partial charge in [0.05, 0.1) is 11.6 Å². The van der Waals surface area contributed by atoms with Crippen LogP contribution in [0.1, 0.15) is 29.2 Å². The van der Waals surface area contributed by atoms with Crippen molar-refractivity contribution in [2.75, 3.05) is 26.2 Å². The van der Waals surface area contributed by atoms with E-state index in [0.29, 0.717) is 41.9 Å². The minimum Gasteiger partial charge on any atom is -0.457 e. The van der Waals surface area contributed by atoms with Gasteiger partial charge in [-0.05, 0) is 31.2 Å². The molecule has 1 amide bonds. The zero-order valence-electron chi connectivity index (χ0n) is 19.0. The highest BCUT2D eigenvalue weighted by Gasteiger charge is 2.29. The molecule has 5 rings (SSSR count). The number of rotatable bonds is 6. The molecule has 0 saturated carbocycles. The van der Waals surface area contributed by atoms with Gasteiger partial charge < -0.3 is 14.2 Å². The van der Waals surface area contributed by atoms with E-state index >= 15 is 0 Å². The van der Waals surface area contributed by atoms with Crippen LogP contribution in [0.5, 0.6) is 11.5 Å². The van der Waals surface area contributed by atoms with Gasteiger partial charge in [-0.2, -0.15) is 4.98 Å². The van der Waals surface area contributed by atoms with Crippen LogP contribution in [0.25, 0.3) is 11.4 Å². The minimum absolute atomic E-state index is 0.0250. The third-order valence-corrected chi connectivity index (χ3v) is 6.07. The summed E-state index contributed by atoms with van der Waals surface area (Å²) >= 11 is 0. The lowest BCUT2D eigenvalue weighted by molar-refractivity contribution is 0.0549. The summed E-state index contributed by atoms with van der Waals surface area (Å²) in [6.07, 6.45) is 0. The number of piperazine rings is 1. The van der Waals surface area contributed by atoms with Gasteiger partial charge in [-0.15, -0.1) is 0 Å². The number of hydrogen-bond donors (Lipinski definition) is 0. The van der Waals surface area contributed by atoms with E-state index in [9.17, 15) is 4.79 Å². The Kier molecular flexibility index (Phi) is 6.35. The highest BCUT2D eigenvalue weighted by atomic mass is 16.5. The summed E-state index contributed by atoms with van der Waals surface area (Å²) in [4.78, 5) is 22.0. The molecule has 1 aromatic heterocycles. The number of aromatic nitrogens is 2. The fraction of sp³-hybridized carbons (Fsp3) is 0.222. The average molecular weight is 455 g/mol. The first kappa shape index (κ1) is 21.9. The molecular weight excluding hydrogens is 428 g/mol. The average Bonchev–Trinajstić information content (AvgIpc) is 3.40. The molecule has 1 fully saturated rings. The van der Waals surface area contributed by atoms with Crippen LogP contribution in [0.3, 0.4) is 0 Å². The van der Waals surface area contributed by atoms with Crippen molar-refractivity contribution < 1.29 is 14.1 Å². The molecule has 3 aromatic carbocycles. The van der Waals surface area contributed by atoms with E-state index in [0.717, 1.165) is 18.7 Å². The number of ether oxygens (including phenoxy) is 1. The molecule has 1 atom stereocenters. The van der Waals surface area contributed by atoms with Crippen molar-refractivity contribution in [2.45, 2.75) is 13.0 Å². The fourth-order valence-corrected chi connectivity index (χ4v) is 4.10. The maximum absolute atomic E-state index is 13.3. The van der Waals surface area contributed by atoms with Crippen LogP contribution in [0.15, 0.2) is 89.5 Å². The summed E-state index contributed by atoms with van der Waals surface area (Å²) < 4.78 is 11.5. The lowest BCUT2D eigenvalue weighted by Crippen LogP contribution is -2.49. The second-order valence-corrected chi connectivity index (χ2v) is 8.24. The minimum atomic E-state index is -0.0316. The number of para-hydroxylation sites is 2. The Morgan fingerprint density at radius 3 is 2.26 bits per heavy atom. The van der Waals surface area contributed by atoms with Gasteiger partial charge in [0, 0.05) is 31.7 Å². The molecular formula is C27H26N4O3. The Balaban J connectivity index is 1.23. The summed E-state index contributed by atoms with van der Waals surface area (Å²) in [6.45, 7) is 4.73. The van der Waals surface area contributed by atoms with E-state index in [1.54, 1.807) is 0 Å². The van der Waals surface area contributed by atoms with Crippen LogP contribution in [0, 0.1) is 0 Å². The van der Waals surface area contributed by atoms with Crippen LogP contribution < -0.4 is 4.74 Å². The molecule has 0 bridgehead atoms. The zero-order chi connectivity index (χ0) is 23.3. The van der Waals surface area contributed by atoms with Gasteiger partial charge in [0.1, 0.15) is 11.5 Å². The third kappa shape index (κ3) is 4.70. The second kappa shape index (κ2) is 9.89. The number of nitrogens with zero attached hydrogens (tertiary/aromatic N) is 4. The zero-order valence-corrected chi connectivity index (χ0v) is 19.0. The largest absolute Gasteiger partial charge is 0.457 e. The van der Waals surface area contributed by atoms with Crippen molar-refractivity contribution in [3.05, 3.63) is 96.4 Å². The third-order valence-electron chi connectivity index (χ3n) is 6.07. The molecule has 7 heteroatoms. The normalized spacial score (nSPS) is 15.1. The fourth-order valence-electron chi connectivity index (χ4n) is 4.10. The van der Waals surface area contributed by atoms with Crippen LogP contribution in [0.4, 0.5) is 0 Å². The molecule has 0 radical (unpaired) electrons. The molecule has 2 heterocycles. The first-order valence-corrected chi connectivity index (χ1v) is 11.4. The molecule has 1 aliphatic rings. The molecule has 0 N–H and O–H groups in total. The van der Waals surface area contributed by atoms with Crippen molar-refractivity contribution in [1.29, 1.82) is 0 Å². The lowest BCUT2D eigenvalue weighted by Gasteiger charge is -2.37. The van der Waals surface area contributed by atoms with E-state index in [4.69, 9.17) is 9.26 Å². The number of carbonyl (C=O) groups excluding carboxylic acids is 1. The van der Waals surface area contributed by atoms with Crippen molar-refractivity contribution in [2.24, 2.45) is 0 Å². The molecule has 0 aliphatic carbocycles. The molecule has 34 heavy (non-hydrogen) atoms. The Morgan fingerprint density at radius 1 is 0.882 bits per heavy atom. The molecule has 1 saturated heterocycles. The Hall–Kier alpha value is -3.97. The van der Waals surface area contributed by atoms with E-state index in [1.807, 2.05) is 89.8 Å². The van der Waals surface area contributed by atoms with E-state index in [1.165, 1.54) is 0 Å². The van der Waals surface area contributed by atoms with Crippen LogP contribution >= 0.6 is 0 Å². The van der Waals surface area contributed by atoms with Gasteiger partial charge in [-0.1, -0.05) is 65.8 Å². The molecule has 1 unspecified atom stereocenters. The molecule has 172 valence electrons. The summed E-state index contributed by atoms with van der Waals surface area (Å²) in [7, 11) is 0. The topological polar surface area (TPSA) is 71.7 Å². The smallest absolute Gasteiger partial charge is 0.257 e. The summed E-state index contributed by atoms with van der Waals surface area (Å²) in [6, 6.07) is 26.7. The maximum Gasteiger partial charge on any atom is 0.257 e. The van der Waals surface area contributed by atoms with Crippen molar-refractivity contribution in [3.8, 4) is 22.9 Å². The van der Waals surface area contributed by atoms with Crippen LogP contribution in [-0.4, -0.2) is 52.0 Å². The SMILES string of the molecule is CC(c1nc(-c2ccccc2)no1)N1CCN(C(=O)c2ccccc2Oc2ccccc2)CC1. The number of carbonyl (C=O) groups is 1. The van der Waals surface area contributed by atoms with Crippen molar-refractivity contribution in [1.82, 2.24) is 19.9 Å². The molecule has 1 aliphatic heterocycles. The standard InChI is InChI=1S/C27H26N4O3/c1-20(26-28-25(29-34-26)21-10-4-2-5-11-21)30-16-18-31(19-17-30)27(32)23-14-8-9-15-24(23)33-22-12-6-3-7-13-22/h2-15,20H,16-19H2,1H3. The summed E-state index contributed by atoms with van der Waals surface area (Å²) in [5.74, 6) is 2.42. The predicted molar refractivity (Wildman–Crippen MR) is 129 cm³/mol. The van der Waals surface area contributed by atoms with Gasteiger partial charge >= 0.3 is 0 Å². The van der Waals surface area contributed by atoms with Gasteiger partial charge in [-0.3, -0.25) is 9.69 Å². The number of hydrogen-bond acceptors (Lipinski definition) is 6.